The van der Waals surface area contributed by atoms with Crippen LogP contribution in [0.4, 0.5) is 0 Å². The molecule has 1 fully saturated rings. The van der Waals surface area contributed by atoms with Crippen LogP contribution < -0.4 is 10.6 Å². The van der Waals surface area contributed by atoms with Crippen molar-refractivity contribution in [1.29, 1.82) is 0 Å². The van der Waals surface area contributed by atoms with Crippen LogP contribution in [0.3, 0.4) is 0 Å². The number of nitrogens with one attached hydrogen (secondary N) is 2. The van der Waals surface area contributed by atoms with Gasteiger partial charge in [0, 0.05) is 6.04 Å². The maximum Gasteiger partial charge on any atom is 0.241 e. The molecule has 0 radical (unpaired) electrons. The summed E-state index contributed by atoms with van der Waals surface area (Å²) < 4.78 is 0. The Morgan fingerprint density at radius 1 is 0.964 bits per heavy atom. The van der Waals surface area contributed by atoms with Crippen molar-refractivity contribution in [2.75, 3.05) is 6.54 Å². The van der Waals surface area contributed by atoms with Crippen molar-refractivity contribution in [3.05, 3.63) is 71.8 Å². The number of hydrogen-bond acceptors (Lipinski definition) is 3. The molecule has 2 atom stereocenters. The third-order valence-corrected chi connectivity index (χ3v) is 5.39. The van der Waals surface area contributed by atoms with Gasteiger partial charge in [-0.2, -0.15) is 0 Å². The molecule has 1 saturated heterocycles. The van der Waals surface area contributed by atoms with Gasteiger partial charge in [-0.15, -0.1) is 0 Å². The molecule has 1 amide bonds. The molecule has 2 aromatic carbocycles. The van der Waals surface area contributed by atoms with Crippen LogP contribution in [-0.2, 0) is 4.79 Å². The van der Waals surface area contributed by atoms with Crippen LogP contribution in [0.5, 0.6) is 0 Å². The molecule has 1 unspecified atom stereocenters. The van der Waals surface area contributed by atoms with Crippen molar-refractivity contribution in [1.82, 2.24) is 15.5 Å². The summed E-state index contributed by atoms with van der Waals surface area (Å²) in [7, 11) is 0. The predicted molar refractivity (Wildman–Crippen MR) is 115 cm³/mol. The fourth-order valence-corrected chi connectivity index (χ4v) is 4.02. The molecule has 2 N–H and O–H groups in total. The lowest BCUT2D eigenvalue weighted by molar-refractivity contribution is -0.131. The van der Waals surface area contributed by atoms with E-state index in [2.05, 4.69) is 55.7 Å². The Morgan fingerprint density at radius 3 is 2.07 bits per heavy atom. The molecule has 1 aliphatic rings. The second-order valence-corrected chi connectivity index (χ2v) is 7.97. The minimum Gasteiger partial charge on any atom is -0.315 e. The lowest BCUT2D eigenvalue weighted by atomic mass is 9.96. The molecule has 0 aromatic heterocycles. The van der Waals surface area contributed by atoms with Crippen LogP contribution in [0.1, 0.15) is 57.2 Å². The number of unbranched alkanes of at least 4 members (excludes halogenated alkanes) is 1. The minimum atomic E-state index is -0.0935. The lowest BCUT2D eigenvalue weighted by Crippen LogP contribution is -2.38. The van der Waals surface area contributed by atoms with Gasteiger partial charge < -0.3 is 10.2 Å². The number of benzene rings is 2. The molecule has 28 heavy (non-hydrogen) atoms. The quantitative estimate of drug-likeness (QED) is 0.645. The molecule has 150 valence electrons. The van der Waals surface area contributed by atoms with Crippen LogP contribution in [0.2, 0.25) is 0 Å². The third kappa shape index (κ3) is 5.00. The summed E-state index contributed by atoms with van der Waals surface area (Å²) in [5.41, 5.74) is 2.30. The number of hydrogen-bond donors (Lipinski definition) is 2. The summed E-state index contributed by atoms with van der Waals surface area (Å²) in [5.74, 6) is 0.210. The van der Waals surface area contributed by atoms with Gasteiger partial charge in [0.25, 0.3) is 0 Å². The fourth-order valence-electron chi connectivity index (χ4n) is 4.02. The van der Waals surface area contributed by atoms with E-state index in [1.165, 1.54) is 0 Å². The second kappa shape index (κ2) is 9.85. The van der Waals surface area contributed by atoms with E-state index in [1.54, 1.807) is 0 Å². The first-order chi connectivity index (χ1) is 13.6. The van der Waals surface area contributed by atoms with Gasteiger partial charge in [-0.3, -0.25) is 10.1 Å². The SMILES string of the molecule is CC(C)NCCCCC1N[C@@H](C)N(C(c2ccccc2)c2ccccc2)C1=O. The molecule has 0 bridgehead atoms. The van der Waals surface area contributed by atoms with Crippen LogP contribution in [0.15, 0.2) is 60.7 Å². The average Bonchev–Trinajstić information content (AvgIpc) is 2.97. The number of carbonyl (C=O) groups excluding carboxylic acids is 1. The van der Waals surface area contributed by atoms with Gasteiger partial charge >= 0.3 is 0 Å². The first-order valence-corrected chi connectivity index (χ1v) is 10.5. The highest BCUT2D eigenvalue weighted by molar-refractivity contribution is 5.85. The summed E-state index contributed by atoms with van der Waals surface area (Å²) in [6.07, 6.45) is 3.04. The van der Waals surface area contributed by atoms with E-state index < -0.39 is 0 Å². The highest BCUT2D eigenvalue weighted by atomic mass is 16.2. The first kappa shape index (κ1) is 20.6. The summed E-state index contributed by atoms with van der Waals surface area (Å²) in [4.78, 5) is 15.4. The third-order valence-electron chi connectivity index (χ3n) is 5.39. The zero-order valence-electron chi connectivity index (χ0n) is 17.3. The van der Waals surface area contributed by atoms with Crippen LogP contribution in [0.25, 0.3) is 0 Å². The Labute approximate surface area is 169 Å². The van der Waals surface area contributed by atoms with E-state index in [-0.39, 0.29) is 24.2 Å². The topological polar surface area (TPSA) is 44.4 Å². The summed E-state index contributed by atoms with van der Waals surface area (Å²) in [5, 5.41) is 6.97. The van der Waals surface area contributed by atoms with E-state index in [9.17, 15) is 4.79 Å². The molecule has 1 heterocycles. The molecule has 2 aromatic rings. The molecular formula is C24H33N3O. The van der Waals surface area contributed by atoms with E-state index in [1.807, 2.05) is 41.3 Å². The Morgan fingerprint density at radius 2 is 1.54 bits per heavy atom. The molecular weight excluding hydrogens is 346 g/mol. The number of amides is 1. The maximum absolute atomic E-state index is 13.3. The fraction of sp³-hybridized carbons (Fsp3) is 0.458. The monoisotopic (exact) mass is 379 g/mol. The molecule has 1 aliphatic heterocycles. The minimum absolute atomic E-state index is 0.0108. The molecule has 0 saturated carbocycles. The van der Waals surface area contributed by atoms with Crippen molar-refractivity contribution in [3.8, 4) is 0 Å². The van der Waals surface area contributed by atoms with E-state index in [0.717, 1.165) is 36.9 Å². The highest BCUT2D eigenvalue weighted by Crippen LogP contribution is 2.33. The maximum atomic E-state index is 13.3. The van der Waals surface area contributed by atoms with Gasteiger partial charge in [-0.25, -0.2) is 0 Å². The lowest BCUT2D eigenvalue weighted by Gasteiger charge is -2.32. The van der Waals surface area contributed by atoms with Gasteiger partial charge in [0.15, 0.2) is 0 Å². The van der Waals surface area contributed by atoms with E-state index in [4.69, 9.17) is 0 Å². The molecule has 3 rings (SSSR count). The van der Waals surface area contributed by atoms with Crippen molar-refractivity contribution >= 4 is 5.91 Å². The number of carbonyl (C=O) groups is 1. The van der Waals surface area contributed by atoms with Crippen molar-refractivity contribution < 1.29 is 4.79 Å². The van der Waals surface area contributed by atoms with Gasteiger partial charge in [0.2, 0.25) is 5.91 Å². The Balaban J connectivity index is 1.73. The van der Waals surface area contributed by atoms with Crippen molar-refractivity contribution in [2.24, 2.45) is 0 Å². The largest absolute Gasteiger partial charge is 0.315 e. The zero-order chi connectivity index (χ0) is 19.9. The van der Waals surface area contributed by atoms with Crippen LogP contribution in [0, 0.1) is 0 Å². The Kier molecular flexibility index (Phi) is 7.24. The predicted octanol–water partition coefficient (Wildman–Crippen LogP) is 4.09. The molecule has 4 heteroatoms. The molecule has 0 aliphatic carbocycles. The second-order valence-electron chi connectivity index (χ2n) is 7.97. The Bertz CT molecular complexity index is 693. The molecule has 4 nitrogen and oxygen atoms in total. The Hall–Kier alpha value is -2.17. The summed E-state index contributed by atoms with van der Waals surface area (Å²) >= 11 is 0. The number of rotatable bonds is 9. The van der Waals surface area contributed by atoms with Crippen LogP contribution >= 0.6 is 0 Å². The zero-order valence-corrected chi connectivity index (χ0v) is 17.3. The smallest absolute Gasteiger partial charge is 0.241 e. The first-order valence-electron chi connectivity index (χ1n) is 10.5. The van der Waals surface area contributed by atoms with Crippen LogP contribution in [-0.4, -0.2) is 35.6 Å². The van der Waals surface area contributed by atoms with Gasteiger partial charge in [-0.1, -0.05) is 80.9 Å². The number of nitrogens with zero attached hydrogens (tertiary/aromatic N) is 1. The van der Waals surface area contributed by atoms with Crippen molar-refractivity contribution in [3.63, 3.8) is 0 Å². The molecule has 0 spiro atoms. The van der Waals surface area contributed by atoms with Gasteiger partial charge in [0.1, 0.15) is 0 Å². The van der Waals surface area contributed by atoms with Crippen molar-refractivity contribution in [2.45, 2.75) is 64.3 Å². The highest BCUT2D eigenvalue weighted by Gasteiger charge is 2.40. The van der Waals surface area contributed by atoms with E-state index >= 15 is 0 Å². The summed E-state index contributed by atoms with van der Waals surface area (Å²) in [6.45, 7) is 7.43. The average molecular weight is 380 g/mol. The summed E-state index contributed by atoms with van der Waals surface area (Å²) in [6, 6.07) is 21.0. The standard InChI is InChI=1S/C24H33N3O/c1-18(2)25-17-11-10-16-22-24(28)27(19(3)26-22)23(20-12-6-4-7-13-20)21-14-8-5-9-15-21/h4-9,12-15,18-19,22-23,25-26H,10-11,16-17H2,1-3H3/t19-,22?/m1/s1. The van der Waals surface area contributed by atoms with Gasteiger partial charge in [0.05, 0.1) is 18.2 Å². The van der Waals surface area contributed by atoms with Gasteiger partial charge in [-0.05, 0) is 37.4 Å². The normalized spacial score (nSPS) is 19.8. The van der Waals surface area contributed by atoms with E-state index in [0.29, 0.717) is 6.04 Å².